The standard InChI is InChI=1S/C24H27FN4O5/c1-33-20-7-5-8-21(34-2)22(20)19-14-18(28-29(19)16-11-9-15(25)10-12-16)23(30)27-17(24(31)32)6-3-4-13-26/h5,7-12,14,17H,3-4,6,13,26H2,1-2H3,(H,27,30)(H,31,32)/t17-/m0/s1. The lowest BCUT2D eigenvalue weighted by atomic mass is 10.1. The summed E-state index contributed by atoms with van der Waals surface area (Å²) in [6.07, 6.45) is 1.45. The summed E-state index contributed by atoms with van der Waals surface area (Å²) in [5.74, 6) is -1.28. The Bertz CT molecular complexity index is 1120. The Hall–Kier alpha value is -3.92. The van der Waals surface area contributed by atoms with Gasteiger partial charge in [-0.2, -0.15) is 5.10 Å². The highest BCUT2D eigenvalue weighted by molar-refractivity contribution is 5.96. The van der Waals surface area contributed by atoms with Gasteiger partial charge in [-0.05, 0) is 68.3 Å². The molecule has 180 valence electrons. The van der Waals surface area contributed by atoms with Gasteiger partial charge in [0.25, 0.3) is 5.91 Å². The molecule has 1 heterocycles. The molecular weight excluding hydrogens is 443 g/mol. The number of amides is 1. The molecule has 0 radical (unpaired) electrons. The number of hydrogen-bond acceptors (Lipinski definition) is 6. The number of methoxy groups -OCH3 is 2. The van der Waals surface area contributed by atoms with Crippen molar-refractivity contribution in [3.63, 3.8) is 0 Å². The minimum Gasteiger partial charge on any atom is -0.496 e. The number of benzene rings is 2. The van der Waals surface area contributed by atoms with Crippen LogP contribution in [0.25, 0.3) is 16.9 Å². The first-order valence-electron chi connectivity index (χ1n) is 10.7. The number of nitrogens with two attached hydrogens (primary N) is 1. The molecule has 9 nitrogen and oxygen atoms in total. The maximum atomic E-state index is 13.5. The average molecular weight is 471 g/mol. The largest absolute Gasteiger partial charge is 0.496 e. The van der Waals surface area contributed by atoms with Crippen molar-refractivity contribution >= 4 is 11.9 Å². The fourth-order valence-electron chi connectivity index (χ4n) is 3.54. The first-order valence-corrected chi connectivity index (χ1v) is 10.7. The van der Waals surface area contributed by atoms with E-state index in [1.807, 2.05) is 0 Å². The van der Waals surface area contributed by atoms with Gasteiger partial charge in [0.15, 0.2) is 5.69 Å². The van der Waals surface area contributed by atoms with Crippen LogP contribution in [-0.2, 0) is 4.79 Å². The number of nitrogens with one attached hydrogen (secondary N) is 1. The van der Waals surface area contributed by atoms with Gasteiger partial charge in [-0.15, -0.1) is 0 Å². The second kappa shape index (κ2) is 11.3. The topological polar surface area (TPSA) is 129 Å². The number of ether oxygens (including phenoxy) is 2. The van der Waals surface area contributed by atoms with E-state index in [0.717, 1.165) is 0 Å². The molecule has 1 atom stereocenters. The zero-order valence-electron chi connectivity index (χ0n) is 19.0. The molecule has 0 aliphatic rings. The predicted octanol–water partition coefficient (Wildman–Crippen LogP) is 3.01. The molecule has 1 aromatic heterocycles. The Morgan fingerprint density at radius 1 is 1.12 bits per heavy atom. The lowest BCUT2D eigenvalue weighted by Gasteiger charge is -2.14. The van der Waals surface area contributed by atoms with Crippen LogP contribution in [-0.4, -0.2) is 53.6 Å². The first-order chi connectivity index (χ1) is 16.4. The number of hydrogen-bond donors (Lipinski definition) is 3. The van der Waals surface area contributed by atoms with Crippen molar-refractivity contribution in [2.45, 2.75) is 25.3 Å². The Morgan fingerprint density at radius 3 is 2.32 bits per heavy atom. The van der Waals surface area contributed by atoms with Crippen LogP contribution >= 0.6 is 0 Å². The van der Waals surface area contributed by atoms with Gasteiger partial charge < -0.3 is 25.6 Å². The quantitative estimate of drug-likeness (QED) is 0.368. The molecule has 0 unspecified atom stereocenters. The van der Waals surface area contributed by atoms with Gasteiger partial charge >= 0.3 is 5.97 Å². The molecule has 0 aliphatic carbocycles. The smallest absolute Gasteiger partial charge is 0.326 e. The molecule has 4 N–H and O–H groups in total. The van der Waals surface area contributed by atoms with Gasteiger partial charge in [-0.25, -0.2) is 13.9 Å². The Kier molecular flexibility index (Phi) is 8.20. The molecule has 10 heteroatoms. The highest BCUT2D eigenvalue weighted by atomic mass is 19.1. The predicted molar refractivity (Wildman–Crippen MR) is 124 cm³/mol. The van der Waals surface area contributed by atoms with Crippen LogP contribution in [0.5, 0.6) is 11.5 Å². The summed E-state index contributed by atoms with van der Waals surface area (Å²) in [5.41, 5.74) is 6.92. The second-order valence-corrected chi connectivity index (χ2v) is 7.49. The molecule has 3 aromatic rings. The van der Waals surface area contributed by atoms with Gasteiger partial charge in [0.05, 0.1) is 31.2 Å². The molecular formula is C24H27FN4O5. The van der Waals surface area contributed by atoms with Crippen LogP contribution in [0.4, 0.5) is 4.39 Å². The first kappa shape index (κ1) is 24.7. The SMILES string of the molecule is COc1cccc(OC)c1-c1cc(C(=O)N[C@@H](CCCCN)C(=O)O)nn1-c1ccc(F)cc1. The van der Waals surface area contributed by atoms with Crippen molar-refractivity contribution in [3.8, 4) is 28.4 Å². The fourth-order valence-corrected chi connectivity index (χ4v) is 3.54. The third-order valence-corrected chi connectivity index (χ3v) is 5.25. The number of nitrogens with zero attached hydrogens (tertiary/aromatic N) is 2. The number of rotatable bonds is 11. The molecule has 0 spiro atoms. The lowest BCUT2D eigenvalue weighted by molar-refractivity contribution is -0.139. The van der Waals surface area contributed by atoms with E-state index in [9.17, 15) is 19.1 Å². The van der Waals surface area contributed by atoms with E-state index in [4.69, 9.17) is 15.2 Å². The van der Waals surface area contributed by atoms with Gasteiger partial charge in [0.2, 0.25) is 0 Å². The van der Waals surface area contributed by atoms with Crippen LogP contribution in [0, 0.1) is 5.82 Å². The normalized spacial score (nSPS) is 11.6. The Labute approximate surface area is 196 Å². The summed E-state index contributed by atoms with van der Waals surface area (Å²) >= 11 is 0. The number of carbonyl (C=O) groups excluding carboxylic acids is 1. The summed E-state index contributed by atoms with van der Waals surface area (Å²) in [4.78, 5) is 24.6. The summed E-state index contributed by atoms with van der Waals surface area (Å²) in [5, 5.41) is 16.4. The molecule has 0 saturated carbocycles. The molecule has 0 bridgehead atoms. The monoisotopic (exact) mass is 470 g/mol. The van der Waals surface area contributed by atoms with Crippen molar-refractivity contribution in [3.05, 3.63) is 60.0 Å². The maximum absolute atomic E-state index is 13.5. The Morgan fingerprint density at radius 2 is 1.76 bits per heavy atom. The van der Waals surface area contributed by atoms with Gasteiger partial charge in [-0.3, -0.25) is 4.79 Å². The van der Waals surface area contributed by atoms with Crippen molar-refractivity contribution < 1.29 is 28.6 Å². The van der Waals surface area contributed by atoms with Crippen molar-refractivity contribution in [2.24, 2.45) is 5.73 Å². The molecule has 0 fully saturated rings. The minimum atomic E-state index is -1.14. The van der Waals surface area contributed by atoms with Crippen LogP contribution in [0.2, 0.25) is 0 Å². The summed E-state index contributed by atoms with van der Waals surface area (Å²) < 4.78 is 26.0. The Balaban J connectivity index is 2.07. The number of halogens is 1. The third-order valence-electron chi connectivity index (χ3n) is 5.25. The number of carboxylic acid groups (broad SMARTS) is 1. The van der Waals surface area contributed by atoms with Crippen molar-refractivity contribution in [1.29, 1.82) is 0 Å². The number of unbranched alkanes of at least 4 members (excludes halogenated alkanes) is 1. The summed E-state index contributed by atoms with van der Waals surface area (Å²) in [7, 11) is 3.01. The van der Waals surface area contributed by atoms with Crippen molar-refractivity contribution in [1.82, 2.24) is 15.1 Å². The van der Waals surface area contributed by atoms with Crippen LogP contribution in [0.3, 0.4) is 0 Å². The summed E-state index contributed by atoms with van der Waals surface area (Å²) in [6, 6.07) is 11.2. The summed E-state index contributed by atoms with van der Waals surface area (Å²) in [6.45, 7) is 0.437. The molecule has 3 rings (SSSR count). The van der Waals surface area contributed by atoms with Gasteiger partial charge in [-0.1, -0.05) is 6.07 Å². The minimum absolute atomic E-state index is 0.0163. The molecule has 1 amide bonds. The second-order valence-electron chi connectivity index (χ2n) is 7.49. The zero-order valence-corrected chi connectivity index (χ0v) is 19.0. The van der Waals surface area contributed by atoms with Gasteiger partial charge in [0, 0.05) is 0 Å². The molecule has 34 heavy (non-hydrogen) atoms. The maximum Gasteiger partial charge on any atom is 0.326 e. The van der Waals surface area contributed by atoms with E-state index < -0.39 is 23.7 Å². The van der Waals surface area contributed by atoms with Crippen LogP contribution < -0.4 is 20.5 Å². The van der Waals surface area contributed by atoms with E-state index in [1.165, 1.54) is 49.2 Å². The van der Waals surface area contributed by atoms with E-state index in [2.05, 4.69) is 10.4 Å². The van der Waals surface area contributed by atoms with Gasteiger partial charge in [0.1, 0.15) is 23.4 Å². The van der Waals surface area contributed by atoms with Crippen molar-refractivity contribution in [2.75, 3.05) is 20.8 Å². The number of aliphatic carboxylic acids is 1. The van der Waals surface area contributed by atoms with Crippen LogP contribution in [0.15, 0.2) is 48.5 Å². The number of aromatic nitrogens is 2. The third kappa shape index (κ3) is 5.52. The number of carboxylic acids is 1. The fraction of sp³-hybridized carbons (Fsp3) is 0.292. The van der Waals surface area contributed by atoms with E-state index in [0.29, 0.717) is 47.8 Å². The highest BCUT2D eigenvalue weighted by Crippen LogP contribution is 2.39. The zero-order chi connectivity index (χ0) is 24.7. The lowest BCUT2D eigenvalue weighted by Crippen LogP contribution is -2.41. The average Bonchev–Trinajstić information content (AvgIpc) is 3.28. The van der Waals surface area contributed by atoms with E-state index in [-0.39, 0.29) is 12.1 Å². The highest BCUT2D eigenvalue weighted by Gasteiger charge is 2.25. The van der Waals surface area contributed by atoms with E-state index in [1.54, 1.807) is 18.2 Å². The number of carbonyl (C=O) groups is 2. The molecule has 2 aromatic carbocycles. The molecule has 0 saturated heterocycles. The molecule has 0 aliphatic heterocycles. The van der Waals surface area contributed by atoms with Crippen LogP contribution in [0.1, 0.15) is 29.8 Å². The van der Waals surface area contributed by atoms with E-state index >= 15 is 0 Å².